The topological polar surface area (TPSA) is 30.7 Å². The Labute approximate surface area is 122 Å². The summed E-state index contributed by atoms with van der Waals surface area (Å²) in [4.78, 5) is 4.36. The molecule has 3 rings (SSSR count). The largest absolute Gasteiger partial charge is 0.215 e. The first-order valence-electron chi connectivity index (χ1n) is 6.53. The molecule has 0 bridgehead atoms. The van der Waals surface area contributed by atoms with E-state index in [2.05, 4.69) is 41.3 Å². The van der Waals surface area contributed by atoms with Crippen molar-refractivity contribution < 1.29 is 0 Å². The average Bonchev–Trinajstić information content (AvgIpc) is 2.97. The minimum Gasteiger partial charge on any atom is -0.215 e. The van der Waals surface area contributed by atoms with Gasteiger partial charge in [-0.1, -0.05) is 42.8 Å². The Morgan fingerprint density at radius 1 is 1.00 bits per heavy atom. The number of hydrogen-bond donors (Lipinski definition) is 0. The van der Waals surface area contributed by atoms with Gasteiger partial charge in [-0.05, 0) is 36.2 Å². The van der Waals surface area contributed by atoms with Crippen LogP contribution >= 0.6 is 11.6 Å². The first-order chi connectivity index (χ1) is 9.78. The molecule has 20 heavy (non-hydrogen) atoms. The summed E-state index contributed by atoms with van der Waals surface area (Å²) in [6.07, 6.45) is 2.60. The van der Waals surface area contributed by atoms with Gasteiger partial charge in [-0.15, -0.1) is 0 Å². The molecule has 2 aromatic carbocycles. The van der Waals surface area contributed by atoms with Gasteiger partial charge in [-0.25, -0.2) is 9.67 Å². The zero-order valence-electron chi connectivity index (χ0n) is 11.1. The van der Waals surface area contributed by atoms with Crippen LogP contribution in [0.3, 0.4) is 0 Å². The maximum atomic E-state index is 5.92. The Morgan fingerprint density at radius 2 is 1.70 bits per heavy atom. The van der Waals surface area contributed by atoms with Gasteiger partial charge >= 0.3 is 0 Å². The Morgan fingerprint density at radius 3 is 2.35 bits per heavy atom. The van der Waals surface area contributed by atoms with E-state index in [4.69, 9.17) is 11.6 Å². The maximum absolute atomic E-state index is 5.92. The molecule has 0 radical (unpaired) electrons. The van der Waals surface area contributed by atoms with Crippen molar-refractivity contribution in [1.29, 1.82) is 0 Å². The smallest absolute Gasteiger partial charge is 0.163 e. The molecule has 100 valence electrons. The Bertz CT molecular complexity index is 699. The molecule has 0 aliphatic carbocycles. The summed E-state index contributed by atoms with van der Waals surface area (Å²) in [5, 5.41) is 5.01. The van der Waals surface area contributed by atoms with E-state index >= 15 is 0 Å². The highest BCUT2D eigenvalue weighted by Gasteiger charge is 2.08. The zero-order chi connectivity index (χ0) is 13.9. The van der Waals surface area contributed by atoms with Crippen LogP contribution < -0.4 is 0 Å². The summed E-state index contributed by atoms with van der Waals surface area (Å²) >= 11 is 5.92. The second kappa shape index (κ2) is 5.47. The quantitative estimate of drug-likeness (QED) is 0.723. The molecular formula is C16H14ClN3. The van der Waals surface area contributed by atoms with Crippen molar-refractivity contribution in [1.82, 2.24) is 14.8 Å². The lowest BCUT2D eigenvalue weighted by Gasteiger charge is -2.06. The first kappa shape index (κ1) is 12.9. The fraction of sp³-hybridized carbons (Fsp3) is 0.125. The van der Waals surface area contributed by atoms with Gasteiger partial charge in [0.05, 0.1) is 5.69 Å². The predicted octanol–water partition coefficient (Wildman–Crippen LogP) is 4.15. The Balaban J connectivity index is 2.02. The fourth-order valence-electron chi connectivity index (χ4n) is 2.10. The molecule has 0 aliphatic rings. The number of benzene rings is 2. The highest BCUT2D eigenvalue weighted by molar-refractivity contribution is 6.30. The van der Waals surface area contributed by atoms with E-state index in [9.17, 15) is 0 Å². The minimum atomic E-state index is 0.711. The third-order valence-corrected chi connectivity index (χ3v) is 3.49. The number of aromatic nitrogens is 3. The van der Waals surface area contributed by atoms with Crippen LogP contribution in [0.2, 0.25) is 5.02 Å². The fourth-order valence-corrected chi connectivity index (χ4v) is 2.23. The summed E-state index contributed by atoms with van der Waals surface area (Å²) < 4.78 is 1.82. The van der Waals surface area contributed by atoms with Gasteiger partial charge in [0.25, 0.3) is 0 Å². The van der Waals surface area contributed by atoms with Gasteiger partial charge in [0.1, 0.15) is 6.33 Å². The van der Waals surface area contributed by atoms with Crippen LogP contribution in [0.15, 0.2) is 54.9 Å². The predicted molar refractivity (Wildman–Crippen MR) is 81.2 cm³/mol. The molecule has 0 unspecified atom stereocenters. The van der Waals surface area contributed by atoms with Crippen LogP contribution in [0.25, 0.3) is 17.1 Å². The van der Waals surface area contributed by atoms with Crippen LogP contribution in [0.5, 0.6) is 0 Å². The molecule has 1 heterocycles. The maximum Gasteiger partial charge on any atom is 0.163 e. The third kappa shape index (κ3) is 2.45. The van der Waals surface area contributed by atoms with E-state index in [1.54, 1.807) is 6.33 Å². The molecule has 1 aromatic heterocycles. The molecule has 0 aliphatic heterocycles. The van der Waals surface area contributed by atoms with E-state index in [1.807, 2.05) is 28.9 Å². The highest BCUT2D eigenvalue weighted by Crippen LogP contribution is 2.21. The van der Waals surface area contributed by atoms with Crippen molar-refractivity contribution in [3.63, 3.8) is 0 Å². The van der Waals surface area contributed by atoms with Crippen molar-refractivity contribution in [3.05, 3.63) is 65.4 Å². The van der Waals surface area contributed by atoms with Crippen molar-refractivity contribution in [2.45, 2.75) is 13.3 Å². The third-order valence-electron chi connectivity index (χ3n) is 3.24. The summed E-state index contributed by atoms with van der Waals surface area (Å²) in [6.45, 7) is 2.14. The average molecular weight is 284 g/mol. The molecule has 0 saturated carbocycles. The molecule has 3 nitrogen and oxygen atoms in total. The van der Waals surface area contributed by atoms with Gasteiger partial charge in [-0.2, -0.15) is 5.10 Å². The SMILES string of the molecule is CCc1ccc(-c2ncnn2-c2ccc(Cl)cc2)cc1. The lowest BCUT2D eigenvalue weighted by atomic mass is 10.1. The van der Waals surface area contributed by atoms with E-state index in [-0.39, 0.29) is 0 Å². The molecule has 0 spiro atoms. The van der Waals surface area contributed by atoms with Gasteiger partial charge in [0.15, 0.2) is 5.82 Å². The number of hydrogen-bond acceptors (Lipinski definition) is 2. The minimum absolute atomic E-state index is 0.711. The molecular weight excluding hydrogens is 270 g/mol. The summed E-state index contributed by atoms with van der Waals surface area (Å²) in [7, 11) is 0. The number of rotatable bonds is 3. The molecule has 3 aromatic rings. The molecule has 0 fully saturated rings. The van der Waals surface area contributed by atoms with E-state index in [1.165, 1.54) is 5.56 Å². The lowest BCUT2D eigenvalue weighted by Crippen LogP contribution is -1.99. The Kier molecular flexibility index (Phi) is 3.52. The van der Waals surface area contributed by atoms with Crippen LogP contribution in [0, 0.1) is 0 Å². The second-order valence-corrected chi connectivity index (χ2v) is 4.96. The molecule has 4 heteroatoms. The zero-order valence-corrected chi connectivity index (χ0v) is 11.9. The number of aryl methyl sites for hydroxylation is 1. The number of halogens is 1. The highest BCUT2D eigenvalue weighted by atomic mass is 35.5. The van der Waals surface area contributed by atoms with Crippen LogP contribution in [-0.2, 0) is 6.42 Å². The van der Waals surface area contributed by atoms with Gasteiger partial charge in [0, 0.05) is 10.6 Å². The second-order valence-electron chi connectivity index (χ2n) is 4.52. The van der Waals surface area contributed by atoms with Crippen LogP contribution in [-0.4, -0.2) is 14.8 Å². The van der Waals surface area contributed by atoms with Crippen molar-refractivity contribution in [2.75, 3.05) is 0 Å². The molecule has 0 amide bonds. The van der Waals surface area contributed by atoms with Crippen molar-refractivity contribution in [2.24, 2.45) is 0 Å². The number of nitrogens with zero attached hydrogens (tertiary/aromatic N) is 3. The van der Waals surface area contributed by atoms with E-state index in [0.717, 1.165) is 23.5 Å². The van der Waals surface area contributed by atoms with Crippen LogP contribution in [0.4, 0.5) is 0 Å². The monoisotopic (exact) mass is 283 g/mol. The van der Waals surface area contributed by atoms with Gasteiger partial charge < -0.3 is 0 Å². The normalized spacial score (nSPS) is 10.7. The van der Waals surface area contributed by atoms with E-state index < -0.39 is 0 Å². The van der Waals surface area contributed by atoms with Gasteiger partial charge in [-0.3, -0.25) is 0 Å². The van der Waals surface area contributed by atoms with Crippen molar-refractivity contribution in [3.8, 4) is 17.1 Å². The van der Waals surface area contributed by atoms with Crippen molar-refractivity contribution >= 4 is 11.6 Å². The molecule has 0 N–H and O–H groups in total. The summed E-state index contributed by atoms with van der Waals surface area (Å²) in [5.41, 5.74) is 3.31. The summed E-state index contributed by atoms with van der Waals surface area (Å²) in [6, 6.07) is 16.0. The Hall–Kier alpha value is -2.13. The molecule has 0 atom stereocenters. The first-order valence-corrected chi connectivity index (χ1v) is 6.91. The molecule has 0 saturated heterocycles. The van der Waals surface area contributed by atoms with E-state index in [0.29, 0.717) is 5.02 Å². The summed E-state index contributed by atoms with van der Waals surface area (Å²) in [5.74, 6) is 0.829. The lowest BCUT2D eigenvalue weighted by molar-refractivity contribution is 0.887. The standard InChI is InChI=1S/C16H14ClN3/c1-2-12-3-5-13(6-4-12)16-18-11-19-20(16)15-9-7-14(17)8-10-15/h3-11H,2H2,1H3. The van der Waals surface area contributed by atoms with Crippen LogP contribution in [0.1, 0.15) is 12.5 Å². The van der Waals surface area contributed by atoms with Gasteiger partial charge in [0.2, 0.25) is 0 Å².